The highest BCUT2D eigenvalue weighted by Crippen LogP contribution is 2.26. The SMILES string of the molecule is Cc1nc2cc(N)ccc2n1C(C)Cc1cccs1. The average molecular weight is 271 g/mol. The van der Waals surface area contributed by atoms with Crippen molar-refractivity contribution in [2.75, 3.05) is 5.73 Å². The molecular formula is C15H17N3S. The Morgan fingerprint density at radius 3 is 2.95 bits per heavy atom. The fourth-order valence-electron chi connectivity index (χ4n) is 2.60. The molecule has 0 bridgehead atoms. The predicted octanol–water partition coefficient (Wildman–Crippen LogP) is 3.79. The van der Waals surface area contributed by atoms with E-state index in [9.17, 15) is 0 Å². The lowest BCUT2D eigenvalue weighted by atomic mass is 10.2. The molecular weight excluding hydrogens is 254 g/mol. The summed E-state index contributed by atoms with van der Waals surface area (Å²) < 4.78 is 2.30. The highest BCUT2D eigenvalue weighted by atomic mass is 32.1. The van der Waals surface area contributed by atoms with Gasteiger partial charge < -0.3 is 10.3 Å². The number of rotatable bonds is 3. The van der Waals surface area contributed by atoms with Crippen molar-refractivity contribution in [3.05, 3.63) is 46.4 Å². The number of aromatic nitrogens is 2. The van der Waals surface area contributed by atoms with Gasteiger partial charge in [-0.25, -0.2) is 4.98 Å². The second-order valence-corrected chi connectivity index (χ2v) is 5.94. The van der Waals surface area contributed by atoms with Gasteiger partial charge in [0.15, 0.2) is 0 Å². The van der Waals surface area contributed by atoms with Crippen LogP contribution in [0.15, 0.2) is 35.7 Å². The van der Waals surface area contributed by atoms with E-state index in [4.69, 9.17) is 5.73 Å². The number of hydrogen-bond acceptors (Lipinski definition) is 3. The van der Waals surface area contributed by atoms with Crippen LogP contribution in [-0.2, 0) is 6.42 Å². The molecule has 1 atom stereocenters. The van der Waals surface area contributed by atoms with Gasteiger partial charge in [-0.2, -0.15) is 0 Å². The number of fused-ring (bicyclic) bond motifs is 1. The normalized spacial score (nSPS) is 12.9. The van der Waals surface area contributed by atoms with Crippen molar-refractivity contribution in [3.63, 3.8) is 0 Å². The van der Waals surface area contributed by atoms with Crippen molar-refractivity contribution in [1.82, 2.24) is 9.55 Å². The third-order valence-corrected chi connectivity index (χ3v) is 4.31. The summed E-state index contributed by atoms with van der Waals surface area (Å²) in [7, 11) is 0. The van der Waals surface area contributed by atoms with E-state index < -0.39 is 0 Å². The molecule has 4 heteroatoms. The first-order valence-electron chi connectivity index (χ1n) is 6.41. The molecule has 19 heavy (non-hydrogen) atoms. The molecule has 0 saturated carbocycles. The second kappa shape index (κ2) is 4.70. The van der Waals surface area contributed by atoms with Crippen LogP contribution >= 0.6 is 11.3 Å². The maximum absolute atomic E-state index is 5.82. The number of benzene rings is 1. The zero-order valence-electron chi connectivity index (χ0n) is 11.1. The van der Waals surface area contributed by atoms with Crippen LogP contribution in [0.5, 0.6) is 0 Å². The first-order valence-corrected chi connectivity index (χ1v) is 7.29. The van der Waals surface area contributed by atoms with Gasteiger partial charge in [0, 0.05) is 23.0 Å². The maximum atomic E-state index is 5.82. The van der Waals surface area contributed by atoms with E-state index in [1.807, 2.05) is 23.5 Å². The lowest BCUT2D eigenvalue weighted by molar-refractivity contribution is 0.549. The minimum atomic E-state index is 0.396. The van der Waals surface area contributed by atoms with Crippen LogP contribution < -0.4 is 5.73 Å². The monoisotopic (exact) mass is 271 g/mol. The molecule has 0 aliphatic rings. The van der Waals surface area contributed by atoms with Crippen molar-refractivity contribution < 1.29 is 0 Å². The van der Waals surface area contributed by atoms with Crippen LogP contribution in [0.4, 0.5) is 5.69 Å². The van der Waals surface area contributed by atoms with Gasteiger partial charge in [0.2, 0.25) is 0 Å². The van der Waals surface area contributed by atoms with Crippen molar-refractivity contribution in [1.29, 1.82) is 0 Å². The molecule has 3 rings (SSSR count). The summed E-state index contributed by atoms with van der Waals surface area (Å²) in [5.41, 5.74) is 8.73. The molecule has 0 radical (unpaired) electrons. The fourth-order valence-corrected chi connectivity index (χ4v) is 3.43. The summed E-state index contributed by atoms with van der Waals surface area (Å²) in [6.07, 6.45) is 1.04. The van der Waals surface area contributed by atoms with Crippen molar-refractivity contribution in [3.8, 4) is 0 Å². The average Bonchev–Trinajstić information content (AvgIpc) is 2.95. The number of nitrogens with zero attached hydrogens (tertiary/aromatic N) is 2. The number of imidazole rings is 1. The Bertz CT molecular complexity index is 698. The van der Waals surface area contributed by atoms with Gasteiger partial charge in [-0.3, -0.25) is 0 Å². The van der Waals surface area contributed by atoms with Crippen LogP contribution in [-0.4, -0.2) is 9.55 Å². The fraction of sp³-hybridized carbons (Fsp3) is 0.267. The number of hydrogen-bond donors (Lipinski definition) is 1. The smallest absolute Gasteiger partial charge is 0.106 e. The summed E-state index contributed by atoms with van der Waals surface area (Å²) >= 11 is 1.81. The van der Waals surface area contributed by atoms with Gasteiger partial charge in [-0.05, 0) is 43.5 Å². The van der Waals surface area contributed by atoms with E-state index in [-0.39, 0.29) is 0 Å². The van der Waals surface area contributed by atoms with Crippen LogP contribution in [0, 0.1) is 6.92 Å². The quantitative estimate of drug-likeness (QED) is 0.736. The Morgan fingerprint density at radius 1 is 1.37 bits per heavy atom. The van der Waals surface area contributed by atoms with E-state index in [1.165, 1.54) is 4.88 Å². The molecule has 3 aromatic rings. The lowest BCUT2D eigenvalue weighted by Gasteiger charge is -2.15. The van der Waals surface area contributed by atoms with Gasteiger partial charge in [-0.1, -0.05) is 6.07 Å². The van der Waals surface area contributed by atoms with Crippen molar-refractivity contribution in [2.24, 2.45) is 0 Å². The standard InChI is InChI=1S/C15H17N3S/c1-10(8-13-4-3-7-19-13)18-11(2)17-14-9-12(16)5-6-15(14)18/h3-7,9-10H,8,16H2,1-2H3. The Morgan fingerprint density at radius 2 is 2.21 bits per heavy atom. The molecule has 0 aliphatic carbocycles. The van der Waals surface area contributed by atoms with E-state index >= 15 is 0 Å². The molecule has 1 aromatic carbocycles. The number of nitrogen functional groups attached to an aromatic ring is 1. The van der Waals surface area contributed by atoms with Gasteiger partial charge in [0.25, 0.3) is 0 Å². The van der Waals surface area contributed by atoms with E-state index in [0.717, 1.165) is 29.0 Å². The molecule has 0 spiro atoms. The molecule has 1 unspecified atom stereocenters. The highest BCUT2D eigenvalue weighted by Gasteiger charge is 2.14. The van der Waals surface area contributed by atoms with Crippen LogP contribution in [0.2, 0.25) is 0 Å². The minimum Gasteiger partial charge on any atom is -0.399 e. The predicted molar refractivity (Wildman–Crippen MR) is 81.6 cm³/mol. The van der Waals surface area contributed by atoms with E-state index in [1.54, 1.807) is 0 Å². The van der Waals surface area contributed by atoms with Gasteiger partial charge in [0.05, 0.1) is 11.0 Å². The Labute approximate surface area is 116 Å². The number of aryl methyl sites for hydroxylation is 1. The van der Waals surface area contributed by atoms with Crippen LogP contribution in [0.25, 0.3) is 11.0 Å². The van der Waals surface area contributed by atoms with Gasteiger partial charge in [0.1, 0.15) is 5.82 Å². The summed E-state index contributed by atoms with van der Waals surface area (Å²) in [5, 5.41) is 2.13. The zero-order chi connectivity index (χ0) is 13.4. The maximum Gasteiger partial charge on any atom is 0.106 e. The topological polar surface area (TPSA) is 43.8 Å². The summed E-state index contributed by atoms with van der Waals surface area (Å²) in [4.78, 5) is 6.02. The number of anilines is 1. The summed E-state index contributed by atoms with van der Waals surface area (Å²) in [6.45, 7) is 4.30. The van der Waals surface area contributed by atoms with Crippen LogP contribution in [0.3, 0.4) is 0 Å². The molecule has 0 saturated heterocycles. The molecule has 2 aromatic heterocycles. The van der Waals surface area contributed by atoms with Gasteiger partial charge in [-0.15, -0.1) is 11.3 Å². The summed E-state index contributed by atoms with van der Waals surface area (Å²) in [6, 6.07) is 10.6. The largest absolute Gasteiger partial charge is 0.399 e. The third kappa shape index (κ3) is 2.24. The zero-order valence-corrected chi connectivity index (χ0v) is 11.9. The first-order chi connectivity index (χ1) is 9.15. The Kier molecular flexibility index (Phi) is 3.03. The molecule has 0 fully saturated rings. The van der Waals surface area contributed by atoms with E-state index in [0.29, 0.717) is 6.04 Å². The Balaban J connectivity index is 2.01. The summed E-state index contributed by atoms with van der Waals surface area (Å²) in [5.74, 6) is 1.05. The molecule has 2 N–H and O–H groups in total. The van der Waals surface area contributed by atoms with Crippen molar-refractivity contribution >= 4 is 28.1 Å². The minimum absolute atomic E-state index is 0.396. The molecule has 0 aliphatic heterocycles. The second-order valence-electron chi connectivity index (χ2n) is 4.91. The number of thiophene rings is 1. The molecule has 3 nitrogen and oxygen atoms in total. The van der Waals surface area contributed by atoms with Crippen molar-refractivity contribution in [2.45, 2.75) is 26.3 Å². The number of nitrogens with two attached hydrogens (primary N) is 1. The Hall–Kier alpha value is -1.81. The van der Waals surface area contributed by atoms with Crippen LogP contribution in [0.1, 0.15) is 23.7 Å². The molecule has 98 valence electrons. The first kappa shape index (κ1) is 12.2. The third-order valence-electron chi connectivity index (χ3n) is 3.41. The molecule has 2 heterocycles. The van der Waals surface area contributed by atoms with Gasteiger partial charge >= 0.3 is 0 Å². The van der Waals surface area contributed by atoms with E-state index in [2.05, 4.69) is 47.0 Å². The highest BCUT2D eigenvalue weighted by molar-refractivity contribution is 7.09. The lowest BCUT2D eigenvalue weighted by Crippen LogP contribution is -2.09. The molecule has 0 amide bonds.